The lowest BCUT2D eigenvalue weighted by Crippen LogP contribution is -2.31. The van der Waals surface area contributed by atoms with Gasteiger partial charge in [0.1, 0.15) is 0 Å². The van der Waals surface area contributed by atoms with E-state index >= 15 is 0 Å². The standard InChI is InChI=1S/C14H13Cl2N3O/c1-19(13-4-2-3-11(17)8-13)14(20)18-12-6-9(15)5-10(16)7-12/h2-8H,17H2,1H3,(H,18,20). The predicted octanol–water partition coefficient (Wildman–Crippen LogP) is 4.24. The van der Waals surface area contributed by atoms with Gasteiger partial charge in [-0.25, -0.2) is 4.79 Å². The lowest BCUT2D eigenvalue weighted by atomic mass is 10.2. The van der Waals surface area contributed by atoms with Crippen LogP contribution in [0.2, 0.25) is 10.0 Å². The van der Waals surface area contributed by atoms with Gasteiger partial charge in [-0.3, -0.25) is 4.90 Å². The summed E-state index contributed by atoms with van der Waals surface area (Å²) in [4.78, 5) is 13.6. The Hall–Kier alpha value is -1.91. The first-order valence-corrected chi connectivity index (χ1v) is 6.57. The monoisotopic (exact) mass is 309 g/mol. The molecule has 0 aliphatic heterocycles. The van der Waals surface area contributed by atoms with Crippen molar-refractivity contribution in [1.29, 1.82) is 0 Å². The van der Waals surface area contributed by atoms with Crippen molar-refractivity contribution in [2.45, 2.75) is 0 Å². The number of carbonyl (C=O) groups excluding carboxylic acids is 1. The second-order valence-corrected chi connectivity index (χ2v) is 5.12. The van der Waals surface area contributed by atoms with E-state index in [2.05, 4.69) is 5.32 Å². The molecule has 4 nitrogen and oxygen atoms in total. The number of urea groups is 1. The SMILES string of the molecule is CN(C(=O)Nc1cc(Cl)cc(Cl)c1)c1cccc(N)c1. The van der Waals surface area contributed by atoms with E-state index in [0.717, 1.165) is 0 Å². The first-order chi connectivity index (χ1) is 9.45. The first-order valence-electron chi connectivity index (χ1n) is 5.82. The molecule has 0 spiro atoms. The van der Waals surface area contributed by atoms with Crippen molar-refractivity contribution >= 4 is 46.3 Å². The van der Waals surface area contributed by atoms with E-state index < -0.39 is 0 Å². The molecular weight excluding hydrogens is 297 g/mol. The number of hydrogen-bond acceptors (Lipinski definition) is 2. The summed E-state index contributed by atoms with van der Waals surface area (Å²) in [5, 5.41) is 3.63. The molecule has 0 aliphatic rings. The fraction of sp³-hybridized carbons (Fsp3) is 0.0714. The van der Waals surface area contributed by atoms with Gasteiger partial charge in [0.2, 0.25) is 0 Å². The summed E-state index contributed by atoms with van der Waals surface area (Å²) in [5.41, 5.74) is 7.51. The molecule has 2 aromatic carbocycles. The highest BCUT2D eigenvalue weighted by molar-refractivity contribution is 6.35. The lowest BCUT2D eigenvalue weighted by molar-refractivity contribution is 0.258. The number of nitrogen functional groups attached to an aromatic ring is 1. The summed E-state index contributed by atoms with van der Waals surface area (Å²) >= 11 is 11.8. The molecule has 0 bridgehead atoms. The van der Waals surface area contributed by atoms with Gasteiger partial charge in [0.15, 0.2) is 0 Å². The number of anilines is 3. The smallest absolute Gasteiger partial charge is 0.326 e. The number of hydrogen-bond donors (Lipinski definition) is 2. The van der Waals surface area contributed by atoms with Crippen LogP contribution in [0.3, 0.4) is 0 Å². The second kappa shape index (κ2) is 6.03. The highest BCUT2D eigenvalue weighted by Crippen LogP contribution is 2.23. The normalized spacial score (nSPS) is 10.2. The van der Waals surface area contributed by atoms with Gasteiger partial charge in [-0.15, -0.1) is 0 Å². The van der Waals surface area contributed by atoms with Gasteiger partial charge < -0.3 is 11.1 Å². The van der Waals surface area contributed by atoms with Crippen LogP contribution in [0, 0.1) is 0 Å². The summed E-state index contributed by atoms with van der Waals surface area (Å²) in [7, 11) is 1.65. The molecule has 0 unspecified atom stereocenters. The van der Waals surface area contributed by atoms with Crippen molar-refractivity contribution in [3.05, 3.63) is 52.5 Å². The average molecular weight is 310 g/mol. The van der Waals surface area contributed by atoms with Gasteiger partial charge in [-0.2, -0.15) is 0 Å². The third-order valence-corrected chi connectivity index (χ3v) is 3.11. The molecule has 0 fully saturated rings. The molecule has 0 atom stereocenters. The Morgan fingerprint density at radius 1 is 1.15 bits per heavy atom. The number of nitrogens with one attached hydrogen (secondary N) is 1. The maximum atomic E-state index is 12.1. The van der Waals surface area contributed by atoms with Gasteiger partial charge in [0.05, 0.1) is 0 Å². The Morgan fingerprint density at radius 2 is 1.80 bits per heavy atom. The predicted molar refractivity (Wildman–Crippen MR) is 84.7 cm³/mol. The topological polar surface area (TPSA) is 58.4 Å². The number of rotatable bonds is 2. The van der Waals surface area contributed by atoms with Gasteiger partial charge >= 0.3 is 6.03 Å². The summed E-state index contributed by atoms with van der Waals surface area (Å²) in [5.74, 6) is 0. The van der Waals surface area contributed by atoms with Crippen LogP contribution in [0.4, 0.5) is 21.9 Å². The fourth-order valence-electron chi connectivity index (χ4n) is 1.68. The molecule has 0 saturated carbocycles. The van der Waals surface area contributed by atoms with Crippen LogP contribution in [-0.4, -0.2) is 13.1 Å². The number of halogens is 2. The van der Waals surface area contributed by atoms with E-state index in [0.29, 0.717) is 27.1 Å². The van der Waals surface area contributed by atoms with Crippen LogP contribution in [0.5, 0.6) is 0 Å². The van der Waals surface area contributed by atoms with Gasteiger partial charge in [-0.1, -0.05) is 29.3 Å². The Labute approximate surface area is 127 Å². The maximum absolute atomic E-state index is 12.1. The average Bonchev–Trinajstić information content (AvgIpc) is 2.36. The molecule has 2 rings (SSSR count). The summed E-state index contributed by atoms with van der Waals surface area (Å²) in [6, 6.07) is 11.6. The van der Waals surface area contributed by atoms with E-state index in [1.807, 2.05) is 0 Å². The Morgan fingerprint density at radius 3 is 2.40 bits per heavy atom. The zero-order valence-electron chi connectivity index (χ0n) is 10.7. The van der Waals surface area contributed by atoms with Crippen molar-refractivity contribution in [3.63, 3.8) is 0 Å². The minimum atomic E-state index is -0.311. The van der Waals surface area contributed by atoms with E-state index in [4.69, 9.17) is 28.9 Å². The largest absolute Gasteiger partial charge is 0.399 e. The quantitative estimate of drug-likeness (QED) is 0.815. The zero-order chi connectivity index (χ0) is 14.7. The van der Waals surface area contributed by atoms with Crippen LogP contribution in [0.25, 0.3) is 0 Å². The molecular formula is C14H13Cl2N3O. The van der Waals surface area contributed by atoms with Gasteiger partial charge in [0, 0.05) is 34.2 Å². The van der Waals surface area contributed by atoms with Crippen molar-refractivity contribution in [2.75, 3.05) is 23.0 Å². The first kappa shape index (κ1) is 14.5. The Bertz CT molecular complexity index is 626. The highest BCUT2D eigenvalue weighted by Gasteiger charge is 2.11. The third kappa shape index (κ3) is 3.56. The molecule has 0 saturated heterocycles. The number of nitrogens with two attached hydrogens (primary N) is 1. The third-order valence-electron chi connectivity index (χ3n) is 2.68. The molecule has 0 radical (unpaired) electrons. The van der Waals surface area contributed by atoms with Gasteiger partial charge in [0.25, 0.3) is 0 Å². The molecule has 104 valence electrons. The summed E-state index contributed by atoms with van der Waals surface area (Å²) in [6.45, 7) is 0. The Balaban J connectivity index is 2.15. The van der Waals surface area contributed by atoms with Crippen LogP contribution in [0.15, 0.2) is 42.5 Å². The van der Waals surface area contributed by atoms with Crippen LogP contribution >= 0.6 is 23.2 Å². The Kier molecular flexibility index (Phi) is 4.37. The van der Waals surface area contributed by atoms with E-state index in [1.165, 1.54) is 4.90 Å². The number of carbonyl (C=O) groups is 1. The van der Waals surface area contributed by atoms with E-state index in [1.54, 1.807) is 49.5 Å². The minimum absolute atomic E-state index is 0.311. The maximum Gasteiger partial charge on any atom is 0.326 e. The fourth-order valence-corrected chi connectivity index (χ4v) is 2.21. The molecule has 0 heterocycles. The molecule has 0 aromatic heterocycles. The molecule has 2 aromatic rings. The molecule has 2 amide bonds. The van der Waals surface area contributed by atoms with Crippen molar-refractivity contribution < 1.29 is 4.79 Å². The molecule has 6 heteroatoms. The lowest BCUT2D eigenvalue weighted by Gasteiger charge is -2.18. The second-order valence-electron chi connectivity index (χ2n) is 4.24. The molecule has 0 aliphatic carbocycles. The summed E-state index contributed by atoms with van der Waals surface area (Å²) in [6.07, 6.45) is 0. The van der Waals surface area contributed by atoms with Crippen LogP contribution in [0.1, 0.15) is 0 Å². The van der Waals surface area contributed by atoms with Crippen LogP contribution < -0.4 is 16.0 Å². The minimum Gasteiger partial charge on any atom is -0.399 e. The van der Waals surface area contributed by atoms with E-state index in [-0.39, 0.29) is 6.03 Å². The molecule has 3 N–H and O–H groups in total. The van der Waals surface area contributed by atoms with Crippen molar-refractivity contribution in [3.8, 4) is 0 Å². The van der Waals surface area contributed by atoms with E-state index in [9.17, 15) is 4.79 Å². The molecule has 20 heavy (non-hydrogen) atoms. The number of amides is 2. The highest BCUT2D eigenvalue weighted by atomic mass is 35.5. The number of benzene rings is 2. The van der Waals surface area contributed by atoms with Crippen molar-refractivity contribution in [2.24, 2.45) is 0 Å². The number of nitrogens with zero attached hydrogens (tertiary/aromatic N) is 1. The summed E-state index contributed by atoms with van der Waals surface area (Å²) < 4.78 is 0. The van der Waals surface area contributed by atoms with Crippen LogP contribution in [-0.2, 0) is 0 Å². The van der Waals surface area contributed by atoms with Gasteiger partial charge in [-0.05, 0) is 36.4 Å². The van der Waals surface area contributed by atoms with Crippen molar-refractivity contribution in [1.82, 2.24) is 0 Å². The zero-order valence-corrected chi connectivity index (χ0v) is 12.2.